The summed E-state index contributed by atoms with van der Waals surface area (Å²) in [6, 6.07) is 8.70. The quantitative estimate of drug-likeness (QED) is 0.725. The Morgan fingerprint density at radius 1 is 1.25 bits per heavy atom. The Hall–Kier alpha value is -2.59. The van der Waals surface area contributed by atoms with Crippen LogP contribution < -0.4 is 5.43 Å². The number of aromatic nitrogens is 1. The van der Waals surface area contributed by atoms with Crippen LogP contribution in [0.3, 0.4) is 0 Å². The van der Waals surface area contributed by atoms with Crippen LogP contribution in [0.2, 0.25) is 5.02 Å². The fourth-order valence-electron chi connectivity index (χ4n) is 3.06. The Morgan fingerprint density at radius 2 is 1.92 bits per heavy atom. The predicted octanol–water partition coefficient (Wildman–Crippen LogP) is 4.23. The minimum atomic E-state index is -0.990. The number of allylic oxidation sites excluding steroid dienone is 1. The summed E-state index contributed by atoms with van der Waals surface area (Å²) in [6.07, 6.45) is 0. The molecule has 0 amide bonds. The van der Waals surface area contributed by atoms with Crippen molar-refractivity contribution in [3.63, 3.8) is 0 Å². The van der Waals surface area contributed by atoms with Crippen LogP contribution in [0.4, 0.5) is 0 Å². The van der Waals surface area contributed by atoms with Gasteiger partial charge in [-0.2, -0.15) is 0 Å². The Bertz CT molecular complexity index is 1080. The highest BCUT2D eigenvalue weighted by Crippen LogP contribution is 2.32. The second-order valence-electron chi connectivity index (χ2n) is 5.93. The first-order chi connectivity index (χ1) is 11.3. The summed E-state index contributed by atoms with van der Waals surface area (Å²) in [5, 5.41) is 10.7. The van der Waals surface area contributed by atoms with Gasteiger partial charge in [-0.25, -0.2) is 0 Å². The molecule has 0 aliphatic rings. The van der Waals surface area contributed by atoms with Gasteiger partial charge in [-0.1, -0.05) is 24.2 Å². The summed E-state index contributed by atoms with van der Waals surface area (Å²) in [4.78, 5) is 24.3. The predicted molar refractivity (Wildman–Crippen MR) is 97.8 cm³/mol. The molecule has 1 N–H and O–H groups in total. The molecule has 0 unspecified atom stereocenters. The van der Waals surface area contributed by atoms with Crippen LogP contribution in [-0.2, 0) is 11.3 Å². The molecule has 24 heavy (non-hydrogen) atoms. The van der Waals surface area contributed by atoms with Gasteiger partial charge in [0.2, 0.25) is 0 Å². The van der Waals surface area contributed by atoms with Gasteiger partial charge in [-0.15, -0.1) is 0 Å². The first kappa shape index (κ1) is 16.3. The largest absolute Gasteiger partial charge is 0.480 e. The lowest BCUT2D eigenvalue weighted by Crippen LogP contribution is -2.17. The van der Waals surface area contributed by atoms with Crippen molar-refractivity contribution in [2.75, 3.05) is 0 Å². The number of rotatable bonds is 3. The molecule has 4 nitrogen and oxygen atoms in total. The molecular weight excluding hydrogens is 326 g/mol. The number of carboxylic acid groups (broad SMARTS) is 1. The van der Waals surface area contributed by atoms with Crippen LogP contribution in [0.5, 0.6) is 0 Å². The summed E-state index contributed by atoms with van der Waals surface area (Å²) < 4.78 is 1.64. The minimum absolute atomic E-state index is 0.138. The number of fused-ring (bicyclic) bond motifs is 2. The number of halogens is 1. The van der Waals surface area contributed by atoms with E-state index in [1.54, 1.807) is 29.7 Å². The van der Waals surface area contributed by atoms with E-state index in [1.807, 2.05) is 19.1 Å². The van der Waals surface area contributed by atoms with Crippen LogP contribution >= 0.6 is 11.6 Å². The summed E-state index contributed by atoms with van der Waals surface area (Å²) >= 11 is 6.32. The SMILES string of the molecule is C=C(C)c1c(Cl)ccc2c(=O)c3ccc(C)cc3n(CC(=O)O)c12. The minimum Gasteiger partial charge on any atom is -0.480 e. The third-order valence-electron chi connectivity index (χ3n) is 4.05. The molecule has 3 aromatic rings. The Morgan fingerprint density at radius 3 is 2.54 bits per heavy atom. The van der Waals surface area contributed by atoms with Gasteiger partial charge in [0.05, 0.1) is 16.1 Å². The Kier molecular flexibility index (Phi) is 3.93. The van der Waals surface area contributed by atoms with Crippen molar-refractivity contribution in [3.05, 3.63) is 63.3 Å². The molecule has 0 saturated carbocycles. The van der Waals surface area contributed by atoms with E-state index >= 15 is 0 Å². The highest BCUT2D eigenvalue weighted by atomic mass is 35.5. The van der Waals surface area contributed by atoms with Crippen molar-refractivity contribution in [2.45, 2.75) is 20.4 Å². The van der Waals surface area contributed by atoms with E-state index in [4.69, 9.17) is 11.6 Å². The Labute approximate surface area is 143 Å². The van der Waals surface area contributed by atoms with Gasteiger partial charge in [0.25, 0.3) is 0 Å². The van der Waals surface area contributed by atoms with Gasteiger partial charge >= 0.3 is 5.97 Å². The van der Waals surface area contributed by atoms with E-state index in [0.29, 0.717) is 38.0 Å². The summed E-state index contributed by atoms with van der Waals surface area (Å²) in [7, 11) is 0. The number of aryl methyl sites for hydroxylation is 1. The third kappa shape index (κ3) is 2.49. The highest BCUT2D eigenvalue weighted by Gasteiger charge is 2.18. The number of hydrogen-bond acceptors (Lipinski definition) is 2. The van der Waals surface area contributed by atoms with Crippen molar-refractivity contribution >= 4 is 44.9 Å². The van der Waals surface area contributed by atoms with Gasteiger partial charge in [0, 0.05) is 16.3 Å². The maximum atomic E-state index is 12.9. The van der Waals surface area contributed by atoms with Crippen molar-refractivity contribution in [1.29, 1.82) is 0 Å². The van der Waals surface area contributed by atoms with Crippen molar-refractivity contribution in [1.82, 2.24) is 4.57 Å². The van der Waals surface area contributed by atoms with E-state index in [0.717, 1.165) is 5.56 Å². The smallest absolute Gasteiger partial charge is 0.323 e. The van der Waals surface area contributed by atoms with Crippen molar-refractivity contribution < 1.29 is 9.90 Å². The second-order valence-corrected chi connectivity index (χ2v) is 6.34. The van der Waals surface area contributed by atoms with E-state index < -0.39 is 5.97 Å². The molecule has 0 radical (unpaired) electrons. The first-order valence-electron chi connectivity index (χ1n) is 7.44. The van der Waals surface area contributed by atoms with Crippen LogP contribution in [0, 0.1) is 6.92 Å². The zero-order chi connectivity index (χ0) is 17.6. The maximum absolute atomic E-state index is 12.9. The number of hydrogen-bond donors (Lipinski definition) is 1. The molecule has 1 aromatic heterocycles. The molecule has 0 saturated heterocycles. The zero-order valence-electron chi connectivity index (χ0n) is 13.4. The normalized spacial score (nSPS) is 11.1. The molecule has 1 heterocycles. The summed E-state index contributed by atoms with van der Waals surface area (Å²) in [5.41, 5.74) is 3.19. The van der Waals surface area contributed by atoms with Crippen LogP contribution in [0.25, 0.3) is 27.4 Å². The molecule has 0 fully saturated rings. The topological polar surface area (TPSA) is 59.3 Å². The molecule has 5 heteroatoms. The van der Waals surface area contributed by atoms with Crippen molar-refractivity contribution in [2.24, 2.45) is 0 Å². The third-order valence-corrected chi connectivity index (χ3v) is 4.37. The highest BCUT2D eigenvalue weighted by molar-refractivity contribution is 6.33. The number of benzene rings is 2. The molecule has 3 rings (SSSR count). The number of carboxylic acids is 1. The number of aliphatic carboxylic acids is 1. The molecule has 0 spiro atoms. The summed E-state index contributed by atoms with van der Waals surface area (Å²) in [5.74, 6) is -0.990. The van der Waals surface area contributed by atoms with Crippen LogP contribution in [0.1, 0.15) is 18.1 Å². The summed E-state index contributed by atoms with van der Waals surface area (Å²) in [6.45, 7) is 7.36. The molecule has 2 aromatic carbocycles. The lowest BCUT2D eigenvalue weighted by atomic mass is 10.0. The zero-order valence-corrected chi connectivity index (χ0v) is 14.1. The standard InChI is InChI=1S/C19H16ClNO3/c1-10(2)17-14(20)7-6-13-18(17)21(9-16(22)23)15-8-11(3)4-5-12(15)19(13)24/h4-8H,1,9H2,2-3H3,(H,22,23). The van der Waals surface area contributed by atoms with Crippen molar-refractivity contribution in [3.8, 4) is 0 Å². The van der Waals surface area contributed by atoms with Gasteiger partial charge in [-0.05, 0) is 49.2 Å². The molecule has 0 atom stereocenters. The van der Waals surface area contributed by atoms with Gasteiger partial charge in [0.15, 0.2) is 5.43 Å². The number of nitrogens with zero attached hydrogens (tertiary/aromatic N) is 1. The molecule has 0 aliphatic carbocycles. The van der Waals surface area contributed by atoms with Gasteiger partial charge in [0.1, 0.15) is 6.54 Å². The average molecular weight is 342 g/mol. The molecular formula is C19H16ClNO3. The lowest BCUT2D eigenvalue weighted by Gasteiger charge is -2.18. The van der Waals surface area contributed by atoms with Crippen LogP contribution in [-0.4, -0.2) is 15.6 Å². The average Bonchev–Trinajstić information content (AvgIpc) is 2.50. The van der Waals surface area contributed by atoms with Gasteiger partial charge in [-0.3, -0.25) is 9.59 Å². The second kappa shape index (κ2) is 5.80. The monoisotopic (exact) mass is 341 g/mol. The first-order valence-corrected chi connectivity index (χ1v) is 7.82. The molecule has 0 bridgehead atoms. The van der Waals surface area contributed by atoms with E-state index in [9.17, 15) is 14.7 Å². The molecule has 122 valence electrons. The lowest BCUT2D eigenvalue weighted by molar-refractivity contribution is -0.137. The maximum Gasteiger partial charge on any atom is 0.323 e. The van der Waals surface area contributed by atoms with Crippen LogP contribution in [0.15, 0.2) is 41.7 Å². The number of carbonyl (C=O) groups is 1. The fourth-order valence-corrected chi connectivity index (χ4v) is 3.37. The van der Waals surface area contributed by atoms with E-state index in [1.165, 1.54) is 0 Å². The van der Waals surface area contributed by atoms with E-state index in [-0.39, 0.29) is 12.0 Å². The Balaban J connectivity index is 2.68. The fraction of sp³-hybridized carbons (Fsp3) is 0.158. The molecule has 0 aliphatic heterocycles. The van der Waals surface area contributed by atoms with E-state index in [2.05, 4.69) is 6.58 Å². The number of pyridine rings is 1. The van der Waals surface area contributed by atoms with Gasteiger partial charge < -0.3 is 9.67 Å².